The highest BCUT2D eigenvalue weighted by molar-refractivity contribution is 5.97. The van der Waals surface area contributed by atoms with Crippen molar-refractivity contribution in [2.45, 2.75) is 53.9 Å². The number of rotatable bonds is 4. The quantitative estimate of drug-likeness (QED) is 0.303. The Morgan fingerprint density at radius 3 is 2.35 bits per heavy atom. The average molecular weight is 486 g/mol. The summed E-state index contributed by atoms with van der Waals surface area (Å²) in [5.41, 5.74) is 12.6. The van der Waals surface area contributed by atoms with Crippen LogP contribution in [-0.2, 0) is 12.8 Å². The van der Waals surface area contributed by atoms with Crippen molar-refractivity contribution in [1.29, 1.82) is 0 Å². The van der Waals surface area contributed by atoms with Crippen LogP contribution in [0.15, 0.2) is 109 Å². The molecule has 4 aromatic rings. The van der Waals surface area contributed by atoms with E-state index in [1.807, 2.05) is 0 Å². The minimum atomic E-state index is 1.09. The van der Waals surface area contributed by atoms with E-state index in [2.05, 4.69) is 138 Å². The van der Waals surface area contributed by atoms with Gasteiger partial charge in [-0.05, 0) is 83.9 Å². The summed E-state index contributed by atoms with van der Waals surface area (Å²) in [5, 5.41) is 6.38. The fourth-order valence-electron chi connectivity index (χ4n) is 5.16. The third-order valence-electron chi connectivity index (χ3n) is 7.33. The zero-order chi connectivity index (χ0) is 26.4. The van der Waals surface area contributed by atoms with E-state index in [9.17, 15) is 0 Å². The standard InChI is InChI=1S/C24H27N.C12H12/c1-6-10-19-15-20(14-13-16(19)3)17(4)24-21(7-2)18(5)22-11-8-9-12-23(22)25-24;1-2-10-7-5-8-11-6-3-4-9-12(10)11/h7-9,11-15,25H,5-6,10H2,1-4H3;3-9H,2H2,1H3/b21-7-,24-17-;. The van der Waals surface area contributed by atoms with Crippen molar-refractivity contribution < 1.29 is 0 Å². The summed E-state index contributed by atoms with van der Waals surface area (Å²) in [6.45, 7) is 15.3. The third-order valence-corrected chi connectivity index (χ3v) is 7.33. The maximum atomic E-state index is 4.35. The molecule has 0 spiro atoms. The van der Waals surface area contributed by atoms with E-state index in [4.69, 9.17) is 0 Å². The van der Waals surface area contributed by atoms with Crippen molar-refractivity contribution in [3.8, 4) is 0 Å². The number of para-hydroxylation sites is 1. The molecule has 5 rings (SSSR count). The highest BCUT2D eigenvalue weighted by Crippen LogP contribution is 2.40. The molecule has 0 radical (unpaired) electrons. The van der Waals surface area contributed by atoms with Gasteiger partial charge in [0, 0.05) is 22.5 Å². The molecule has 1 heterocycles. The van der Waals surface area contributed by atoms with Crippen molar-refractivity contribution in [2.24, 2.45) is 0 Å². The smallest absolute Gasteiger partial charge is 0.0496 e. The van der Waals surface area contributed by atoms with Crippen LogP contribution in [0, 0.1) is 6.92 Å². The molecule has 0 saturated carbocycles. The lowest BCUT2D eigenvalue weighted by atomic mass is 9.87. The average Bonchev–Trinajstić information content (AvgIpc) is 2.94. The van der Waals surface area contributed by atoms with Crippen LogP contribution in [0.4, 0.5) is 5.69 Å². The first-order valence-electron chi connectivity index (χ1n) is 13.5. The normalized spacial score (nSPS) is 15.1. The van der Waals surface area contributed by atoms with Crippen LogP contribution in [0.5, 0.6) is 0 Å². The fraction of sp³-hybridized carbons (Fsp3) is 0.222. The summed E-state index contributed by atoms with van der Waals surface area (Å²) in [7, 11) is 0. The second kappa shape index (κ2) is 11.9. The zero-order valence-corrected chi connectivity index (χ0v) is 23.0. The molecule has 0 unspecified atom stereocenters. The predicted octanol–water partition coefficient (Wildman–Crippen LogP) is 10.2. The van der Waals surface area contributed by atoms with Gasteiger partial charge in [-0.15, -0.1) is 0 Å². The number of hydrogen-bond acceptors (Lipinski definition) is 1. The lowest BCUT2D eigenvalue weighted by molar-refractivity contribution is 0.912. The van der Waals surface area contributed by atoms with Crippen LogP contribution in [0.3, 0.4) is 0 Å². The maximum Gasteiger partial charge on any atom is 0.0496 e. The van der Waals surface area contributed by atoms with Gasteiger partial charge in [0.15, 0.2) is 0 Å². The third kappa shape index (κ3) is 5.62. The number of hydrogen-bond donors (Lipinski definition) is 1. The molecule has 0 amide bonds. The Hall–Kier alpha value is -3.84. The Balaban J connectivity index is 0.000000222. The largest absolute Gasteiger partial charge is 0.354 e. The Labute approximate surface area is 223 Å². The molecule has 1 aliphatic heterocycles. The molecular weight excluding hydrogens is 446 g/mol. The number of nitrogens with one attached hydrogen (secondary N) is 1. The highest BCUT2D eigenvalue weighted by Gasteiger charge is 2.22. The number of benzene rings is 4. The molecule has 1 N–H and O–H groups in total. The van der Waals surface area contributed by atoms with Crippen molar-refractivity contribution in [1.82, 2.24) is 0 Å². The molecule has 188 valence electrons. The van der Waals surface area contributed by atoms with Crippen LogP contribution in [0.2, 0.25) is 0 Å². The molecule has 1 nitrogen and oxygen atoms in total. The van der Waals surface area contributed by atoms with Gasteiger partial charge in [0.1, 0.15) is 0 Å². The minimum absolute atomic E-state index is 1.09. The minimum Gasteiger partial charge on any atom is -0.354 e. The summed E-state index contributed by atoms with van der Waals surface area (Å²) in [6, 6.07) is 30.2. The lowest BCUT2D eigenvalue weighted by Crippen LogP contribution is -2.13. The van der Waals surface area contributed by atoms with Crippen LogP contribution in [-0.4, -0.2) is 0 Å². The Kier molecular flexibility index (Phi) is 8.46. The van der Waals surface area contributed by atoms with E-state index in [1.165, 1.54) is 56.2 Å². The van der Waals surface area contributed by atoms with Crippen LogP contribution >= 0.6 is 0 Å². The summed E-state index contributed by atoms with van der Waals surface area (Å²) in [5.74, 6) is 0. The van der Waals surface area contributed by atoms with E-state index in [0.29, 0.717) is 0 Å². The van der Waals surface area contributed by atoms with Crippen molar-refractivity contribution in [3.05, 3.63) is 137 Å². The Bertz CT molecular complexity index is 1480. The summed E-state index contributed by atoms with van der Waals surface area (Å²) in [4.78, 5) is 0. The summed E-state index contributed by atoms with van der Waals surface area (Å²) >= 11 is 0. The second-order valence-electron chi connectivity index (χ2n) is 9.73. The molecule has 0 fully saturated rings. The van der Waals surface area contributed by atoms with Gasteiger partial charge in [0.05, 0.1) is 0 Å². The lowest BCUT2D eigenvalue weighted by Gasteiger charge is -2.28. The predicted molar refractivity (Wildman–Crippen MR) is 164 cm³/mol. The Morgan fingerprint density at radius 1 is 0.865 bits per heavy atom. The van der Waals surface area contributed by atoms with E-state index in [1.54, 1.807) is 0 Å². The van der Waals surface area contributed by atoms with Crippen molar-refractivity contribution in [3.63, 3.8) is 0 Å². The van der Waals surface area contributed by atoms with Gasteiger partial charge in [-0.25, -0.2) is 0 Å². The molecule has 4 aromatic carbocycles. The molecule has 1 aliphatic rings. The molecule has 0 atom stereocenters. The van der Waals surface area contributed by atoms with E-state index < -0.39 is 0 Å². The second-order valence-corrected chi connectivity index (χ2v) is 9.73. The van der Waals surface area contributed by atoms with Crippen LogP contribution in [0.25, 0.3) is 21.9 Å². The first-order chi connectivity index (χ1) is 18.0. The van der Waals surface area contributed by atoms with Crippen LogP contribution in [0.1, 0.15) is 61.9 Å². The molecule has 0 aliphatic carbocycles. The maximum absolute atomic E-state index is 4.35. The molecule has 0 bridgehead atoms. The number of allylic oxidation sites excluding steroid dienone is 3. The molecule has 0 aromatic heterocycles. The number of fused-ring (bicyclic) bond motifs is 2. The number of anilines is 1. The molecule has 37 heavy (non-hydrogen) atoms. The van der Waals surface area contributed by atoms with Gasteiger partial charge in [-0.3, -0.25) is 0 Å². The van der Waals surface area contributed by atoms with Crippen molar-refractivity contribution >= 4 is 27.6 Å². The first-order valence-corrected chi connectivity index (χ1v) is 13.5. The topological polar surface area (TPSA) is 12.0 Å². The summed E-state index contributed by atoms with van der Waals surface area (Å²) in [6.07, 6.45) is 5.57. The van der Waals surface area contributed by atoms with Gasteiger partial charge in [-0.1, -0.05) is 112 Å². The van der Waals surface area contributed by atoms with E-state index in [-0.39, 0.29) is 0 Å². The van der Waals surface area contributed by atoms with Gasteiger partial charge >= 0.3 is 0 Å². The van der Waals surface area contributed by atoms with E-state index >= 15 is 0 Å². The van der Waals surface area contributed by atoms with Crippen molar-refractivity contribution in [2.75, 3.05) is 5.32 Å². The molecular formula is C36H39N. The first kappa shape index (κ1) is 26.2. The fourth-order valence-corrected chi connectivity index (χ4v) is 5.16. The van der Waals surface area contributed by atoms with Gasteiger partial charge in [0.2, 0.25) is 0 Å². The molecule has 1 heteroatoms. The highest BCUT2D eigenvalue weighted by atomic mass is 14.9. The van der Waals surface area contributed by atoms with Crippen LogP contribution < -0.4 is 5.32 Å². The molecule has 0 saturated heterocycles. The monoisotopic (exact) mass is 485 g/mol. The zero-order valence-electron chi connectivity index (χ0n) is 23.0. The SMILES string of the molecule is C=C1C(=C/C)/C(=C(\C)c2ccc(C)c(CCC)c2)Nc2ccccc21.CCc1cccc2ccccc12. The van der Waals surface area contributed by atoms with Gasteiger partial charge < -0.3 is 5.32 Å². The van der Waals surface area contributed by atoms with Gasteiger partial charge in [0.25, 0.3) is 0 Å². The van der Waals surface area contributed by atoms with E-state index in [0.717, 1.165) is 29.8 Å². The Morgan fingerprint density at radius 2 is 1.59 bits per heavy atom. The number of aryl methyl sites for hydroxylation is 3. The summed E-state index contributed by atoms with van der Waals surface area (Å²) < 4.78 is 0. The van der Waals surface area contributed by atoms with Gasteiger partial charge in [-0.2, -0.15) is 0 Å².